The molecule has 96 valence electrons. The van der Waals surface area contributed by atoms with Gasteiger partial charge >= 0.3 is 5.97 Å². The Hall–Kier alpha value is -0.530. The van der Waals surface area contributed by atoms with Crippen LogP contribution in [0.15, 0.2) is 0 Å². The molecule has 0 amide bonds. The van der Waals surface area contributed by atoms with Gasteiger partial charge in [0.2, 0.25) is 0 Å². The van der Waals surface area contributed by atoms with E-state index in [4.69, 9.17) is 4.74 Å². The second kappa shape index (κ2) is 2.73. The van der Waals surface area contributed by atoms with Crippen LogP contribution in [0.1, 0.15) is 60.3 Å². The van der Waals surface area contributed by atoms with E-state index in [-0.39, 0.29) is 17.0 Å². The van der Waals surface area contributed by atoms with Crippen molar-refractivity contribution < 1.29 is 9.53 Å². The fraction of sp³-hybridized carbons (Fsp3) is 0.933. The minimum Gasteiger partial charge on any atom is -0.460 e. The van der Waals surface area contributed by atoms with Crippen molar-refractivity contribution in [3.8, 4) is 0 Å². The number of esters is 1. The Bertz CT molecular complexity index is 372. The molecule has 0 unspecified atom stereocenters. The summed E-state index contributed by atoms with van der Waals surface area (Å²) >= 11 is 0. The Balaban J connectivity index is 1.90. The summed E-state index contributed by atoms with van der Waals surface area (Å²) in [5, 5.41) is 0. The van der Waals surface area contributed by atoms with E-state index < -0.39 is 0 Å². The molecule has 0 saturated heterocycles. The highest BCUT2D eigenvalue weighted by Crippen LogP contribution is 2.81. The maximum Gasteiger partial charge on any atom is 0.312 e. The van der Waals surface area contributed by atoms with E-state index in [0.29, 0.717) is 16.7 Å². The number of carbonyl (C=O) groups is 1. The molecule has 0 aromatic heterocycles. The molecule has 4 bridgehead atoms. The lowest BCUT2D eigenvalue weighted by Crippen LogP contribution is -2.37. The summed E-state index contributed by atoms with van der Waals surface area (Å²) in [7, 11) is 0. The van der Waals surface area contributed by atoms with Gasteiger partial charge in [-0.25, -0.2) is 0 Å². The lowest BCUT2D eigenvalue weighted by molar-refractivity contribution is -0.168. The lowest BCUT2D eigenvalue weighted by Gasteiger charge is -2.33. The molecular formula is C15H24O2. The van der Waals surface area contributed by atoms with Crippen LogP contribution in [0.2, 0.25) is 0 Å². The zero-order valence-corrected chi connectivity index (χ0v) is 11.7. The standard InChI is InChI=1S/C15H24O2/c1-12(2,3)17-11(16)15-8-13(4)6-10(15)7-14(13,5)9-15/h10H,6-9H2,1-5H3/t10?,13-,14-,15?/m0/s1. The van der Waals surface area contributed by atoms with Crippen LogP contribution in [-0.4, -0.2) is 11.6 Å². The Kier molecular flexibility index (Phi) is 1.85. The van der Waals surface area contributed by atoms with E-state index in [1.54, 1.807) is 0 Å². The molecular weight excluding hydrogens is 212 g/mol. The fourth-order valence-corrected chi connectivity index (χ4v) is 5.05. The summed E-state index contributed by atoms with van der Waals surface area (Å²) in [6.07, 6.45) is 4.61. The fourth-order valence-electron chi connectivity index (χ4n) is 5.05. The monoisotopic (exact) mass is 236 g/mol. The first-order valence-electron chi connectivity index (χ1n) is 6.84. The van der Waals surface area contributed by atoms with Crippen molar-refractivity contribution in [1.82, 2.24) is 0 Å². The van der Waals surface area contributed by atoms with E-state index in [0.717, 1.165) is 12.8 Å². The molecule has 4 fully saturated rings. The summed E-state index contributed by atoms with van der Waals surface area (Å²) in [5.41, 5.74) is 0.318. The molecule has 0 aliphatic heterocycles. The van der Waals surface area contributed by atoms with Crippen LogP contribution in [0.4, 0.5) is 0 Å². The first kappa shape index (κ1) is 11.6. The van der Waals surface area contributed by atoms with Gasteiger partial charge in [-0.05, 0) is 63.2 Å². The van der Waals surface area contributed by atoms with Gasteiger partial charge in [0.05, 0.1) is 5.41 Å². The molecule has 4 rings (SSSR count). The highest BCUT2D eigenvalue weighted by atomic mass is 16.6. The van der Waals surface area contributed by atoms with Gasteiger partial charge in [0.25, 0.3) is 0 Å². The van der Waals surface area contributed by atoms with E-state index in [9.17, 15) is 4.79 Å². The van der Waals surface area contributed by atoms with E-state index in [1.165, 1.54) is 12.8 Å². The Labute approximate surface area is 104 Å². The molecule has 0 spiro atoms. The molecule has 2 heteroatoms. The van der Waals surface area contributed by atoms with Gasteiger partial charge in [-0.2, -0.15) is 0 Å². The summed E-state index contributed by atoms with van der Waals surface area (Å²) in [4.78, 5) is 12.5. The first-order chi connectivity index (χ1) is 7.60. The van der Waals surface area contributed by atoms with E-state index >= 15 is 0 Å². The maximum atomic E-state index is 12.5. The van der Waals surface area contributed by atoms with Crippen LogP contribution in [0.25, 0.3) is 0 Å². The normalized spacial score (nSPS) is 51.2. The summed E-state index contributed by atoms with van der Waals surface area (Å²) < 4.78 is 5.69. The van der Waals surface area contributed by atoms with Gasteiger partial charge in [0.1, 0.15) is 5.60 Å². The van der Waals surface area contributed by atoms with Crippen molar-refractivity contribution >= 4 is 5.97 Å². The van der Waals surface area contributed by atoms with Gasteiger partial charge in [-0.3, -0.25) is 4.79 Å². The smallest absolute Gasteiger partial charge is 0.312 e. The Morgan fingerprint density at radius 2 is 1.59 bits per heavy atom. The molecule has 0 aromatic carbocycles. The van der Waals surface area contributed by atoms with Crippen LogP contribution in [0, 0.1) is 22.2 Å². The lowest BCUT2D eigenvalue weighted by atomic mass is 9.71. The highest BCUT2D eigenvalue weighted by molar-refractivity contribution is 5.80. The summed E-state index contributed by atoms with van der Waals surface area (Å²) in [6, 6.07) is 0. The van der Waals surface area contributed by atoms with Gasteiger partial charge in [-0.1, -0.05) is 13.8 Å². The highest BCUT2D eigenvalue weighted by Gasteiger charge is 2.77. The molecule has 17 heavy (non-hydrogen) atoms. The van der Waals surface area contributed by atoms with E-state index in [1.807, 2.05) is 20.8 Å². The van der Waals surface area contributed by atoms with Gasteiger partial charge in [-0.15, -0.1) is 0 Å². The van der Waals surface area contributed by atoms with Crippen molar-refractivity contribution in [2.45, 2.75) is 65.9 Å². The number of hydrogen-bond acceptors (Lipinski definition) is 2. The third kappa shape index (κ3) is 1.25. The number of hydrogen-bond donors (Lipinski definition) is 0. The zero-order valence-electron chi connectivity index (χ0n) is 11.7. The van der Waals surface area contributed by atoms with E-state index in [2.05, 4.69) is 13.8 Å². The maximum absolute atomic E-state index is 12.5. The number of carbonyl (C=O) groups excluding carboxylic acids is 1. The number of ether oxygens (including phenoxy) is 1. The van der Waals surface area contributed by atoms with Crippen molar-refractivity contribution in [1.29, 1.82) is 0 Å². The van der Waals surface area contributed by atoms with Crippen molar-refractivity contribution in [3.63, 3.8) is 0 Å². The predicted molar refractivity (Wildman–Crippen MR) is 66.5 cm³/mol. The largest absolute Gasteiger partial charge is 0.460 e. The van der Waals surface area contributed by atoms with Crippen molar-refractivity contribution in [2.24, 2.45) is 22.2 Å². The second-order valence-electron chi connectivity index (χ2n) is 8.24. The molecule has 2 nitrogen and oxygen atoms in total. The zero-order chi connectivity index (χ0) is 12.7. The van der Waals surface area contributed by atoms with Crippen LogP contribution < -0.4 is 0 Å². The van der Waals surface area contributed by atoms with Gasteiger partial charge in [0.15, 0.2) is 0 Å². The van der Waals surface area contributed by atoms with Gasteiger partial charge in [0, 0.05) is 0 Å². The first-order valence-corrected chi connectivity index (χ1v) is 6.84. The van der Waals surface area contributed by atoms with Crippen LogP contribution >= 0.6 is 0 Å². The van der Waals surface area contributed by atoms with Crippen LogP contribution in [0.3, 0.4) is 0 Å². The molecule has 0 radical (unpaired) electrons. The average molecular weight is 236 g/mol. The minimum atomic E-state index is -0.349. The SMILES string of the molecule is CC(C)(C)OC(=O)C12C[C@]3(C)CC1C[C@@]3(C)C2. The molecule has 0 N–H and O–H groups in total. The summed E-state index contributed by atoms with van der Waals surface area (Å²) in [5.74, 6) is 0.673. The molecule has 0 aromatic rings. The van der Waals surface area contributed by atoms with Crippen molar-refractivity contribution in [3.05, 3.63) is 0 Å². The number of rotatable bonds is 1. The molecule has 4 aliphatic rings. The molecule has 4 saturated carbocycles. The quantitative estimate of drug-likeness (QED) is 0.651. The second-order valence-corrected chi connectivity index (χ2v) is 8.24. The third-order valence-corrected chi connectivity index (χ3v) is 5.85. The topological polar surface area (TPSA) is 26.3 Å². The minimum absolute atomic E-state index is 0.0833. The van der Waals surface area contributed by atoms with Crippen LogP contribution in [-0.2, 0) is 9.53 Å². The molecule has 0 heterocycles. The summed E-state index contributed by atoms with van der Waals surface area (Å²) in [6.45, 7) is 10.7. The van der Waals surface area contributed by atoms with Gasteiger partial charge < -0.3 is 4.74 Å². The third-order valence-electron chi connectivity index (χ3n) is 5.85. The Morgan fingerprint density at radius 1 is 1.12 bits per heavy atom. The molecule has 4 aliphatic carbocycles. The van der Waals surface area contributed by atoms with Crippen molar-refractivity contribution in [2.75, 3.05) is 0 Å². The average Bonchev–Trinajstić information content (AvgIpc) is 2.63. The molecule has 2 atom stereocenters. The van der Waals surface area contributed by atoms with Crippen LogP contribution in [0.5, 0.6) is 0 Å². The predicted octanol–water partition coefficient (Wildman–Crippen LogP) is 3.54. The Morgan fingerprint density at radius 3 is 1.88 bits per heavy atom.